The van der Waals surface area contributed by atoms with Crippen molar-refractivity contribution in [2.45, 2.75) is 5.92 Å². The first kappa shape index (κ1) is 22.1. The number of esters is 1. The molecule has 0 bridgehead atoms. The van der Waals surface area contributed by atoms with Gasteiger partial charge in [0.05, 0.1) is 13.0 Å². The molecule has 1 atom stereocenters. The molecular formula is C25H19ClN2O5. The number of nitrogens with zero attached hydrogens (tertiary/aromatic N) is 1. The summed E-state index contributed by atoms with van der Waals surface area (Å²) in [6, 6.07) is 21.1. The molecule has 0 saturated carbocycles. The second kappa shape index (κ2) is 9.55. The number of fused-ring (bicyclic) bond motifs is 1. The van der Waals surface area contributed by atoms with Crippen LogP contribution in [0.5, 0.6) is 23.0 Å². The van der Waals surface area contributed by atoms with Gasteiger partial charge in [0, 0.05) is 16.7 Å². The molecule has 1 aliphatic rings. The zero-order valence-corrected chi connectivity index (χ0v) is 18.3. The molecule has 0 radical (unpaired) electrons. The highest BCUT2D eigenvalue weighted by Crippen LogP contribution is 2.43. The van der Waals surface area contributed by atoms with E-state index in [1.165, 1.54) is 0 Å². The zero-order chi connectivity index (χ0) is 23.4. The first-order valence-electron chi connectivity index (χ1n) is 9.93. The summed E-state index contributed by atoms with van der Waals surface area (Å²) >= 11 is 5.84. The van der Waals surface area contributed by atoms with Gasteiger partial charge in [0.1, 0.15) is 34.6 Å². The number of methoxy groups -OCH3 is 1. The number of allylic oxidation sites excluding steroid dienone is 1. The second-order valence-corrected chi connectivity index (χ2v) is 7.55. The molecule has 33 heavy (non-hydrogen) atoms. The van der Waals surface area contributed by atoms with E-state index in [1.54, 1.807) is 49.6 Å². The van der Waals surface area contributed by atoms with Gasteiger partial charge in [-0.2, -0.15) is 5.26 Å². The molecule has 0 saturated heterocycles. The van der Waals surface area contributed by atoms with E-state index in [-0.39, 0.29) is 23.8 Å². The maximum absolute atomic E-state index is 12.2. The van der Waals surface area contributed by atoms with Crippen LogP contribution in [0.1, 0.15) is 17.0 Å². The van der Waals surface area contributed by atoms with Crippen LogP contribution in [-0.2, 0) is 4.79 Å². The second-order valence-electron chi connectivity index (χ2n) is 7.12. The number of ether oxygens (including phenoxy) is 4. The number of halogens is 1. The normalized spacial score (nSPS) is 14.5. The van der Waals surface area contributed by atoms with Crippen LogP contribution in [-0.4, -0.2) is 19.7 Å². The van der Waals surface area contributed by atoms with Gasteiger partial charge >= 0.3 is 5.97 Å². The Kier molecular flexibility index (Phi) is 6.38. The molecule has 7 nitrogen and oxygen atoms in total. The summed E-state index contributed by atoms with van der Waals surface area (Å²) < 4.78 is 21.8. The topological polar surface area (TPSA) is 104 Å². The number of nitrogens with two attached hydrogens (primary N) is 1. The van der Waals surface area contributed by atoms with Crippen LogP contribution in [0.2, 0.25) is 5.02 Å². The minimum absolute atomic E-state index is 0.00707. The SMILES string of the molecule is COc1cccc(C2C(C#N)=C(N)Oc3cc(OC(=O)COc4ccc(Cl)cc4)ccc32)c1. The predicted octanol–water partition coefficient (Wildman–Crippen LogP) is 4.55. The minimum Gasteiger partial charge on any atom is -0.497 e. The van der Waals surface area contributed by atoms with Gasteiger partial charge in [-0.25, -0.2) is 4.79 Å². The Hall–Kier alpha value is -4.15. The Morgan fingerprint density at radius 2 is 1.85 bits per heavy atom. The van der Waals surface area contributed by atoms with E-state index in [4.69, 9.17) is 36.3 Å². The van der Waals surface area contributed by atoms with Crippen LogP contribution in [0.25, 0.3) is 0 Å². The summed E-state index contributed by atoms with van der Waals surface area (Å²) in [5.41, 5.74) is 7.87. The molecule has 0 spiro atoms. The molecule has 166 valence electrons. The number of hydrogen-bond donors (Lipinski definition) is 1. The van der Waals surface area contributed by atoms with Crippen molar-refractivity contribution in [3.8, 4) is 29.1 Å². The minimum atomic E-state index is -0.591. The lowest BCUT2D eigenvalue weighted by Crippen LogP contribution is -2.21. The van der Waals surface area contributed by atoms with E-state index in [9.17, 15) is 10.1 Å². The average molecular weight is 463 g/mol. The summed E-state index contributed by atoms with van der Waals surface area (Å²) in [7, 11) is 1.57. The lowest BCUT2D eigenvalue weighted by molar-refractivity contribution is -0.136. The largest absolute Gasteiger partial charge is 0.497 e. The first-order chi connectivity index (χ1) is 16.0. The molecule has 0 aliphatic carbocycles. The van der Waals surface area contributed by atoms with Crippen LogP contribution in [0, 0.1) is 11.3 Å². The number of hydrogen-bond acceptors (Lipinski definition) is 7. The Morgan fingerprint density at radius 3 is 2.58 bits per heavy atom. The number of rotatable bonds is 6. The van der Waals surface area contributed by atoms with Crippen molar-refractivity contribution in [3.05, 3.63) is 94.3 Å². The van der Waals surface area contributed by atoms with Crippen LogP contribution < -0.4 is 24.7 Å². The maximum atomic E-state index is 12.2. The fraction of sp³-hybridized carbons (Fsp3) is 0.120. The van der Waals surface area contributed by atoms with Crippen molar-refractivity contribution in [1.82, 2.24) is 0 Å². The van der Waals surface area contributed by atoms with Gasteiger partial charge in [-0.05, 0) is 48.0 Å². The smallest absolute Gasteiger partial charge is 0.349 e. The summed E-state index contributed by atoms with van der Waals surface area (Å²) in [5.74, 6) is 0.751. The van der Waals surface area contributed by atoms with E-state index in [0.29, 0.717) is 27.8 Å². The zero-order valence-electron chi connectivity index (χ0n) is 17.6. The molecule has 1 heterocycles. The third-order valence-corrected chi connectivity index (χ3v) is 5.27. The number of carbonyl (C=O) groups is 1. The highest BCUT2D eigenvalue weighted by Gasteiger charge is 2.31. The molecule has 0 aromatic heterocycles. The van der Waals surface area contributed by atoms with Gasteiger partial charge in [0.25, 0.3) is 0 Å². The van der Waals surface area contributed by atoms with Crippen LogP contribution in [0.3, 0.4) is 0 Å². The molecule has 4 rings (SSSR count). The Labute approximate surface area is 195 Å². The van der Waals surface area contributed by atoms with E-state index >= 15 is 0 Å². The molecule has 8 heteroatoms. The number of carbonyl (C=O) groups excluding carboxylic acids is 1. The summed E-state index contributed by atoms with van der Waals surface area (Å²) in [4.78, 5) is 12.2. The molecule has 0 fully saturated rings. The predicted molar refractivity (Wildman–Crippen MR) is 121 cm³/mol. The summed E-state index contributed by atoms with van der Waals surface area (Å²) in [5, 5.41) is 10.3. The van der Waals surface area contributed by atoms with Crippen LogP contribution in [0.4, 0.5) is 0 Å². The molecular weight excluding hydrogens is 444 g/mol. The quantitative estimate of drug-likeness (QED) is 0.423. The van der Waals surface area contributed by atoms with Crippen molar-refractivity contribution in [1.29, 1.82) is 5.26 Å². The molecule has 1 unspecified atom stereocenters. The maximum Gasteiger partial charge on any atom is 0.349 e. The van der Waals surface area contributed by atoms with Crippen molar-refractivity contribution in [2.24, 2.45) is 5.73 Å². The monoisotopic (exact) mass is 462 g/mol. The Balaban J connectivity index is 1.55. The number of benzene rings is 3. The third kappa shape index (κ3) is 4.86. The fourth-order valence-electron chi connectivity index (χ4n) is 3.50. The molecule has 0 amide bonds. The standard InChI is InChI=1S/C25H19ClN2O5/c1-30-18-4-2-3-15(11-18)24-20-10-9-19(12-22(20)33-25(28)21(24)13-27)32-23(29)14-31-17-7-5-16(26)6-8-17/h2-12,24H,14,28H2,1H3. The van der Waals surface area contributed by atoms with E-state index < -0.39 is 11.9 Å². The highest BCUT2D eigenvalue weighted by molar-refractivity contribution is 6.30. The summed E-state index contributed by atoms with van der Waals surface area (Å²) in [6.45, 7) is -0.285. The Morgan fingerprint density at radius 1 is 1.09 bits per heavy atom. The summed E-state index contributed by atoms with van der Waals surface area (Å²) in [6.07, 6.45) is 0. The van der Waals surface area contributed by atoms with Crippen molar-refractivity contribution < 1.29 is 23.7 Å². The van der Waals surface area contributed by atoms with Crippen molar-refractivity contribution in [3.63, 3.8) is 0 Å². The van der Waals surface area contributed by atoms with Crippen molar-refractivity contribution in [2.75, 3.05) is 13.7 Å². The van der Waals surface area contributed by atoms with E-state index in [2.05, 4.69) is 6.07 Å². The number of nitriles is 1. The molecule has 2 N–H and O–H groups in total. The highest BCUT2D eigenvalue weighted by atomic mass is 35.5. The lowest BCUT2D eigenvalue weighted by Gasteiger charge is -2.27. The first-order valence-corrected chi connectivity index (χ1v) is 10.3. The van der Waals surface area contributed by atoms with E-state index in [0.717, 1.165) is 5.56 Å². The lowest BCUT2D eigenvalue weighted by atomic mass is 9.83. The van der Waals surface area contributed by atoms with Crippen LogP contribution in [0.15, 0.2) is 78.2 Å². The third-order valence-electron chi connectivity index (χ3n) is 5.02. The fourth-order valence-corrected chi connectivity index (χ4v) is 3.62. The Bertz CT molecular complexity index is 1260. The van der Waals surface area contributed by atoms with Crippen LogP contribution >= 0.6 is 11.6 Å². The molecule has 3 aromatic rings. The van der Waals surface area contributed by atoms with Gasteiger partial charge < -0.3 is 24.7 Å². The van der Waals surface area contributed by atoms with Gasteiger partial charge in [0.2, 0.25) is 5.88 Å². The van der Waals surface area contributed by atoms with Crippen molar-refractivity contribution >= 4 is 17.6 Å². The van der Waals surface area contributed by atoms with Gasteiger partial charge in [-0.15, -0.1) is 0 Å². The molecule has 3 aromatic carbocycles. The average Bonchev–Trinajstić information content (AvgIpc) is 2.82. The van der Waals surface area contributed by atoms with Gasteiger partial charge in [-0.1, -0.05) is 29.8 Å². The molecule has 1 aliphatic heterocycles. The van der Waals surface area contributed by atoms with E-state index in [1.807, 2.05) is 24.3 Å². The van der Waals surface area contributed by atoms with Gasteiger partial charge in [0.15, 0.2) is 6.61 Å². The van der Waals surface area contributed by atoms with Gasteiger partial charge in [-0.3, -0.25) is 0 Å².